The number of nitrogens with zero attached hydrogens (tertiary/aromatic N) is 4. The number of nitrogens with two attached hydrogens (primary N) is 1. The second-order valence-electron chi connectivity index (χ2n) is 5.76. The molecule has 21 heavy (non-hydrogen) atoms. The highest BCUT2D eigenvalue weighted by atomic mass is 16.5. The van der Waals surface area contributed by atoms with Crippen LogP contribution in [0.15, 0.2) is 0 Å². The molecule has 1 aliphatic rings. The van der Waals surface area contributed by atoms with Gasteiger partial charge in [0.1, 0.15) is 0 Å². The first kappa shape index (κ1) is 15.8. The molecule has 0 aromatic carbocycles. The summed E-state index contributed by atoms with van der Waals surface area (Å²) in [5.41, 5.74) is 5.78. The van der Waals surface area contributed by atoms with Crippen molar-refractivity contribution in [2.75, 3.05) is 48.8 Å². The van der Waals surface area contributed by atoms with Gasteiger partial charge in [0, 0.05) is 26.2 Å². The Hall–Kier alpha value is -1.63. The molecular formula is C14H26N6O. The zero-order valence-corrected chi connectivity index (χ0v) is 13.0. The number of hydrogen-bond donors (Lipinski definition) is 2. The zero-order valence-electron chi connectivity index (χ0n) is 13.0. The van der Waals surface area contributed by atoms with Gasteiger partial charge in [0.25, 0.3) is 0 Å². The molecule has 0 radical (unpaired) electrons. The maximum absolute atomic E-state index is 5.78. The van der Waals surface area contributed by atoms with Crippen molar-refractivity contribution in [1.82, 2.24) is 15.0 Å². The summed E-state index contributed by atoms with van der Waals surface area (Å²) in [5, 5.41) is 3.14. The third-order valence-electron chi connectivity index (χ3n) is 3.26. The van der Waals surface area contributed by atoms with Crippen LogP contribution < -0.4 is 16.0 Å². The molecule has 1 saturated heterocycles. The number of anilines is 3. The summed E-state index contributed by atoms with van der Waals surface area (Å²) < 4.78 is 5.52. The van der Waals surface area contributed by atoms with E-state index in [9.17, 15) is 0 Å². The summed E-state index contributed by atoms with van der Waals surface area (Å²) in [6.45, 7) is 8.29. The first-order chi connectivity index (χ1) is 10.1. The number of piperidine rings is 1. The van der Waals surface area contributed by atoms with Gasteiger partial charge in [0.2, 0.25) is 17.8 Å². The van der Waals surface area contributed by atoms with Crippen molar-refractivity contribution >= 4 is 17.8 Å². The molecule has 0 amide bonds. The van der Waals surface area contributed by atoms with E-state index in [4.69, 9.17) is 10.5 Å². The second kappa shape index (κ2) is 7.97. The molecule has 0 spiro atoms. The fourth-order valence-electron chi connectivity index (χ4n) is 2.25. The van der Waals surface area contributed by atoms with Gasteiger partial charge >= 0.3 is 0 Å². The van der Waals surface area contributed by atoms with E-state index >= 15 is 0 Å². The van der Waals surface area contributed by atoms with Gasteiger partial charge in [-0.1, -0.05) is 13.8 Å². The lowest BCUT2D eigenvalue weighted by Gasteiger charge is -2.26. The fourth-order valence-corrected chi connectivity index (χ4v) is 2.25. The average molecular weight is 294 g/mol. The average Bonchev–Trinajstić information content (AvgIpc) is 2.47. The summed E-state index contributed by atoms with van der Waals surface area (Å²) in [7, 11) is 0. The van der Waals surface area contributed by atoms with Crippen molar-refractivity contribution in [3.8, 4) is 0 Å². The van der Waals surface area contributed by atoms with Crippen molar-refractivity contribution in [3.05, 3.63) is 0 Å². The summed E-state index contributed by atoms with van der Waals surface area (Å²) in [5.74, 6) is 2.00. The number of rotatable bonds is 7. The fraction of sp³-hybridized carbons (Fsp3) is 0.786. The van der Waals surface area contributed by atoms with Crippen molar-refractivity contribution in [1.29, 1.82) is 0 Å². The van der Waals surface area contributed by atoms with E-state index in [1.54, 1.807) is 0 Å². The van der Waals surface area contributed by atoms with Gasteiger partial charge in [-0.15, -0.1) is 0 Å². The molecule has 1 fully saturated rings. The topological polar surface area (TPSA) is 89.2 Å². The molecule has 0 aliphatic carbocycles. The molecule has 1 aliphatic heterocycles. The van der Waals surface area contributed by atoms with E-state index in [0.29, 0.717) is 31.0 Å². The number of nitrogen functional groups attached to an aromatic ring is 1. The lowest BCUT2D eigenvalue weighted by Crippen LogP contribution is -2.31. The minimum Gasteiger partial charge on any atom is -0.379 e. The Morgan fingerprint density at radius 2 is 1.95 bits per heavy atom. The molecule has 2 rings (SSSR count). The Balaban J connectivity index is 1.86. The van der Waals surface area contributed by atoms with E-state index in [-0.39, 0.29) is 5.95 Å². The van der Waals surface area contributed by atoms with Crippen LogP contribution in [0.5, 0.6) is 0 Å². The minimum atomic E-state index is 0.260. The maximum Gasteiger partial charge on any atom is 0.231 e. The number of ether oxygens (including phenoxy) is 1. The molecule has 0 unspecified atom stereocenters. The zero-order chi connectivity index (χ0) is 15.1. The van der Waals surface area contributed by atoms with Crippen LogP contribution >= 0.6 is 0 Å². The predicted molar refractivity (Wildman–Crippen MR) is 84.5 cm³/mol. The largest absolute Gasteiger partial charge is 0.379 e. The van der Waals surface area contributed by atoms with Crippen LogP contribution in [0.1, 0.15) is 33.1 Å². The molecule has 7 heteroatoms. The van der Waals surface area contributed by atoms with Crippen LogP contribution in [0.2, 0.25) is 0 Å². The highest BCUT2D eigenvalue weighted by Gasteiger charge is 2.15. The minimum absolute atomic E-state index is 0.260. The van der Waals surface area contributed by atoms with E-state index in [2.05, 4.69) is 39.0 Å². The van der Waals surface area contributed by atoms with Gasteiger partial charge in [0.15, 0.2) is 0 Å². The predicted octanol–water partition coefficient (Wildman–Crippen LogP) is 1.53. The van der Waals surface area contributed by atoms with E-state index < -0.39 is 0 Å². The number of nitrogens with one attached hydrogen (secondary N) is 1. The maximum atomic E-state index is 5.78. The molecule has 0 bridgehead atoms. The summed E-state index contributed by atoms with van der Waals surface area (Å²) in [4.78, 5) is 15.0. The Morgan fingerprint density at radius 1 is 1.19 bits per heavy atom. The van der Waals surface area contributed by atoms with Gasteiger partial charge in [-0.3, -0.25) is 0 Å². The smallest absolute Gasteiger partial charge is 0.231 e. The van der Waals surface area contributed by atoms with Crippen LogP contribution in [0.4, 0.5) is 17.8 Å². The van der Waals surface area contributed by atoms with Crippen LogP contribution in [-0.2, 0) is 4.74 Å². The molecule has 7 nitrogen and oxygen atoms in total. The van der Waals surface area contributed by atoms with Crippen LogP contribution in [0.3, 0.4) is 0 Å². The van der Waals surface area contributed by atoms with Crippen LogP contribution in [-0.4, -0.2) is 47.8 Å². The van der Waals surface area contributed by atoms with Gasteiger partial charge in [-0.2, -0.15) is 15.0 Å². The van der Waals surface area contributed by atoms with Crippen LogP contribution in [0.25, 0.3) is 0 Å². The molecular weight excluding hydrogens is 268 g/mol. The lowest BCUT2D eigenvalue weighted by atomic mass is 10.1. The first-order valence-corrected chi connectivity index (χ1v) is 7.73. The van der Waals surface area contributed by atoms with Crippen LogP contribution in [0, 0.1) is 5.92 Å². The standard InChI is InChI=1S/C14H26N6O/c1-11(2)10-21-9-6-16-13-17-12(15)18-14(19-13)20-7-4-3-5-8-20/h11H,3-10H2,1-2H3,(H3,15,16,17,18,19). The molecule has 1 aromatic rings. The first-order valence-electron chi connectivity index (χ1n) is 7.73. The summed E-state index contributed by atoms with van der Waals surface area (Å²) in [6, 6.07) is 0. The van der Waals surface area contributed by atoms with E-state index in [1.807, 2.05) is 0 Å². The van der Waals surface area contributed by atoms with Crippen molar-refractivity contribution < 1.29 is 4.74 Å². The summed E-state index contributed by atoms with van der Waals surface area (Å²) >= 11 is 0. The second-order valence-corrected chi connectivity index (χ2v) is 5.76. The van der Waals surface area contributed by atoms with Gasteiger partial charge in [-0.25, -0.2) is 0 Å². The normalized spacial score (nSPS) is 15.5. The molecule has 118 valence electrons. The van der Waals surface area contributed by atoms with Crippen molar-refractivity contribution in [2.24, 2.45) is 5.92 Å². The van der Waals surface area contributed by atoms with Crippen molar-refractivity contribution in [3.63, 3.8) is 0 Å². The Labute approximate surface area is 126 Å². The Bertz CT molecular complexity index is 433. The highest BCUT2D eigenvalue weighted by Crippen LogP contribution is 2.17. The molecule has 0 atom stereocenters. The van der Waals surface area contributed by atoms with E-state index in [0.717, 1.165) is 19.7 Å². The van der Waals surface area contributed by atoms with Crippen molar-refractivity contribution in [2.45, 2.75) is 33.1 Å². The number of hydrogen-bond acceptors (Lipinski definition) is 7. The monoisotopic (exact) mass is 294 g/mol. The number of aromatic nitrogens is 3. The lowest BCUT2D eigenvalue weighted by molar-refractivity contribution is 0.118. The highest BCUT2D eigenvalue weighted by molar-refractivity contribution is 5.42. The van der Waals surface area contributed by atoms with Gasteiger partial charge in [0.05, 0.1) is 6.61 Å². The molecule has 0 saturated carbocycles. The molecule has 3 N–H and O–H groups in total. The quantitative estimate of drug-likeness (QED) is 0.737. The molecule has 1 aromatic heterocycles. The van der Waals surface area contributed by atoms with E-state index in [1.165, 1.54) is 19.3 Å². The Kier molecular flexibility index (Phi) is 5.98. The SMILES string of the molecule is CC(C)COCCNc1nc(N)nc(N2CCCCC2)n1. The third-order valence-corrected chi connectivity index (χ3v) is 3.26. The summed E-state index contributed by atoms with van der Waals surface area (Å²) in [6.07, 6.45) is 3.63. The Morgan fingerprint density at radius 3 is 2.67 bits per heavy atom. The van der Waals surface area contributed by atoms with Gasteiger partial charge in [-0.05, 0) is 25.2 Å². The third kappa shape index (κ3) is 5.34. The van der Waals surface area contributed by atoms with Gasteiger partial charge < -0.3 is 20.7 Å². The molecule has 2 heterocycles.